The molecule has 0 radical (unpaired) electrons. The zero-order chi connectivity index (χ0) is 14.4. The molecule has 0 saturated carbocycles. The van der Waals surface area contributed by atoms with Crippen molar-refractivity contribution in [1.82, 2.24) is 5.32 Å². The monoisotopic (exact) mass is 304 g/mol. The standard InChI is InChI=1S/C11H14Cl2N4O2/c1-2-8(10(14)17-19)15-11(18)16-9-5-6(12)3-4-7(9)13/h3-5,8,19H,2H2,1H3,(H2,14,17)(H2,15,16,18). The first-order chi connectivity index (χ1) is 8.97. The predicted molar refractivity (Wildman–Crippen MR) is 76.1 cm³/mol. The lowest BCUT2D eigenvalue weighted by molar-refractivity contribution is 0.250. The van der Waals surface area contributed by atoms with Gasteiger partial charge >= 0.3 is 6.03 Å². The molecule has 1 rings (SSSR count). The van der Waals surface area contributed by atoms with E-state index in [2.05, 4.69) is 15.8 Å². The quantitative estimate of drug-likeness (QED) is 0.298. The van der Waals surface area contributed by atoms with E-state index in [1.807, 2.05) is 0 Å². The van der Waals surface area contributed by atoms with Crippen molar-refractivity contribution < 1.29 is 10.0 Å². The number of amides is 2. The van der Waals surface area contributed by atoms with Gasteiger partial charge in [0.25, 0.3) is 0 Å². The Morgan fingerprint density at radius 1 is 1.53 bits per heavy atom. The highest BCUT2D eigenvalue weighted by molar-refractivity contribution is 6.35. The number of urea groups is 1. The van der Waals surface area contributed by atoms with Crippen molar-refractivity contribution in [3.05, 3.63) is 28.2 Å². The average molecular weight is 305 g/mol. The van der Waals surface area contributed by atoms with Crippen molar-refractivity contribution >= 4 is 40.8 Å². The van der Waals surface area contributed by atoms with E-state index in [0.29, 0.717) is 22.2 Å². The van der Waals surface area contributed by atoms with Crippen LogP contribution in [0.25, 0.3) is 0 Å². The summed E-state index contributed by atoms with van der Waals surface area (Å²) in [5.74, 6) is -0.0742. The summed E-state index contributed by atoms with van der Waals surface area (Å²) >= 11 is 11.7. The Kier molecular flexibility index (Phi) is 5.72. The highest BCUT2D eigenvalue weighted by atomic mass is 35.5. The third-order valence-electron chi connectivity index (χ3n) is 2.36. The van der Waals surface area contributed by atoms with Crippen LogP contribution in [-0.2, 0) is 0 Å². The number of hydrogen-bond acceptors (Lipinski definition) is 3. The highest BCUT2D eigenvalue weighted by Crippen LogP contribution is 2.25. The molecule has 0 fully saturated rings. The van der Waals surface area contributed by atoms with Crippen molar-refractivity contribution in [3.8, 4) is 0 Å². The first-order valence-corrected chi connectivity index (χ1v) is 6.23. The summed E-state index contributed by atoms with van der Waals surface area (Å²) in [5.41, 5.74) is 5.81. The van der Waals surface area contributed by atoms with Crippen LogP contribution in [0.5, 0.6) is 0 Å². The van der Waals surface area contributed by atoms with Gasteiger partial charge in [-0.3, -0.25) is 0 Å². The van der Waals surface area contributed by atoms with Crippen molar-refractivity contribution in [1.29, 1.82) is 0 Å². The Labute approximate surface area is 120 Å². The first-order valence-electron chi connectivity index (χ1n) is 5.48. The van der Waals surface area contributed by atoms with Crippen molar-refractivity contribution in [2.45, 2.75) is 19.4 Å². The molecular formula is C11H14Cl2N4O2. The Bertz CT molecular complexity index is 494. The third-order valence-corrected chi connectivity index (χ3v) is 2.93. The first kappa shape index (κ1) is 15.4. The van der Waals surface area contributed by atoms with E-state index in [0.717, 1.165) is 0 Å². The molecule has 0 bridgehead atoms. The van der Waals surface area contributed by atoms with Crippen LogP contribution >= 0.6 is 23.2 Å². The van der Waals surface area contributed by atoms with Gasteiger partial charge < -0.3 is 21.6 Å². The number of carbonyl (C=O) groups is 1. The fourth-order valence-corrected chi connectivity index (χ4v) is 1.70. The fourth-order valence-electron chi connectivity index (χ4n) is 1.36. The molecule has 8 heteroatoms. The van der Waals surface area contributed by atoms with Gasteiger partial charge in [-0.25, -0.2) is 4.79 Å². The molecule has 0 heterocycles. The molecule has 0 saturated heterocycles. The molecule has 19 heavy (non-hydrogen) atoms. The van der Waals surface area contributed by atoms with Gasteiger partial charge in [-0.15, -0.1) is 0 Å². The van der Waals surface area contributed by atoms with Crippen LogP contribution in [0.3, 0.4) is 0 Å². The highest BCUT2D eigenvalue weighted by Gasteiger charge is 2.15. The minimum absolute atomic E-state index is 0.0742. The molecule has 1 aromatic carbocycles. The van der Waals surface area contributed by atoms with Crippen molar-refractivity contribution in [2.24, 2.45) is 10.9 Å². The van der Waals surface area contributed by atoms with E-state index in [1.54, 1.807) is 19.1 Å². The molecule has 104 valence electrons. The summed E-state index contributed by atoms with van der Waals surface area (Å²) in [6.45, 7) is 1.79. The number of amidine groups is 1. The number of benzene rings is 1. The Morgan fingerprint density at radius 3 is 2.79 bits per heavy atom. The van der Waals surface area contributed by atoms with Gasteiger partial charge in [0.1, 0.15) is 0 Å². The molecule has 0 aliphatic heterocycles. The maximum Gasteiger partial charge on any atom is 0.319 e. The largest absolute Gasteiger partial charge is 0.409 e. The lowest BCUT2D eigenvalue weighted by Gasteiger charge is -2.16. The molecule has 5 N–H and O–H groups in total. The average Bonchev–Trinajstić information content (AvgIpc) is 2.39. The predicted octanol–water partition coefficient (Wildman–Crippen LogP) is 2.64. The van der Waals surface area contributed by atoms with E-state index in [1.165, 1.54) is 6.07 Å². The number of halogens is 2. The molecule has 0 spiro atoms. The maximum absolute atomic E-state index is 11.7. The summed E-state index contributed by atoms with van der Waals surface area (Å²) < 4.78 is 0. The summed E-state index contributed by atoms with van der Waals surface area (Å²) in [6.07, 6.45) is 0.479. The summed E-state index contributed by atoms with van der Waals surface area (Å²) in [7, 11) is 0. The van der Waals surface area contributed by atoms with E-state index < -0.39 is 12.1 Å². The molecular weight excluding hydrogens is 291 g/mol. The van der Waals surface area contributed by atoms with Crippen molar-refractivity contribution in [3.63, 3.8) is 0 Å². The number of rotatable bonds is 4. The molecule has 1 aromatic rings. The second-order valence-corrected chi connectivity index (χ2v) is 4.55. The normalized spacial score (nSPS) is 12.9. The van der Waals surface area contributed by atoms with Crippen LogP contribution in [0.1, 0.15) is 13.3 Å². The van der Waals surface area contributed by atoms with Gasteiger partial charge in [-0.1, -0.05) is 35.3 Å². The molecule has 0 aliphatic carbocycles. The Balaban J connectivity index is 2.72. The smallest absolute Gasteiger partial charge is 0.319 e. The van der Waals surface area contributed by atoms with Gasteiger partial charge in [0, 0.05) is 5.02 Å². The van der Waals surface area contributed by atoms with Crippen LogP contribution in [0, 0.1) is 0 Å². The number of nitrogens with one attached hydrogen (secondary N) is 2. The van der Waals surface area contributed by atoms with E-state index >= 15 is 0 Å². The van der Waals surface area contributed by atoms with Gasteiger partial charge in [0.2, 0.25) is 0 Å². The second-order valence-electron chi connectivity index (χ2n) is 3.71. The summed E-state index contributed by atoms with van der Waals surface area (Å²) in [5, 5.41) is 17.3. The molecule has 2 amide bonds. The SMILES string of the molecule is CCC(NC(=O)Nc1cc(Cl)ccc1Cl)/C(N)=N/O. The summed E-state index contributed by atoms with van der Waals surface area (Å²) in [6, 6.07) is 3.61. The molecule has 0 aliphatic rings. The minimum atomic E-state index is -0.567. The van der Waals surface area contributed by atoms with Crippen LogP contribution in [0.4, 0.5) is 10.5 Å². The number of anilines is 1. The zero-order valence-corrected chi connectivity index (χ0v) is 11.7. The molecule has 6 nitrogen and oxygen atoms in total. The van der Waals surface area contributed by atoms with Crippen LogP contribution in [0.15, 0.2) is 23.4 Å². The third kappa shape index (κ3) is 4.50. The second kappa shape index (κ2) is 7.06. The van der Waals surface area contributed by atoms with E-state index in [-0.39, 0.29) is 5.84 Å². The number of carbonyl (C=O) groups excluding carboxylic acids is 1. The number of oxime groups is 1. The fraction of sp³-hybridized carbons (Fsp3) is 0.273. The van der Waals surface area contributed by atoms with Gasteiger partial charge in [0.05, 0.1) is 16.8 Å². The van der Waals surface area contributed by atoms with Gasteiger partial charge in [-0.2, -0.15) is 0 Å². The topological polar surface area (TPSA) is 99.7 Å². The van der Waals surface area contributed by atoms with Gasteiger partial charge in [0.15, 0.2) is 5.84 Å². The Hall–Kier alpha value is -1.66. The lowest BCUT2D eigenvalue weighted by atomic mass is 10.2. The molecule has 1 unspecified atom stereocenters. The minimum Gasteiger partial charge on any atom is -0.409 e. The summed E-state index contributed by atoms with van der Waals surface area (Å²) in [4.78, 5) is 11.7. The maximum atomic E-state index is 11.7. The molecule has 0 aromatic heterocycles. The van der Waals surface area contributed by atoms with Gasteiger partial charge in [-0.05, 0) is 24.6 Å². The zero-order valence-electron chi connectivity index (χ0n) is 10.2. The van der Waals surface area contributed by atoms with Crippen LogP contribution in [0.2, 0.25) is 10.0 Å². The van der Waals surface area contributed by atoms with Crippen LogP contribution in [-0.4, -0.2) is 23.1 Å². The lowest BCUT2D eigenvalue weighted by Crippen LogP contribution is -2.45. The number of hydrogen-bond donors (Lipinski definition) is 4. The van der Waals surface area contributed by atoms with E-state index in [9.17, 15) is 4.79 Å². The molecule has 1 atom stereocenters. The number of nitrogens with zero attached hydrogens (tertiary/aromatic N) is 1. The van der Waals surface area contributed by atoms with Crippen LogP contribution < -0.4 is 16.4 Å². The van der Waals surface area contributed by atoms with Crippen molar-refractivity contribution in [2.75, 3.05) is 5.32 Å². The Morgan fingerprint density at radius 2 is 2.21 bits per heavy atom. The number of nitrogens with two attached hydrogens (primary N) is 1. The van der Waals surface area contributed by atoms with E-state index in [4.69, 9.17) is 34.1 Å².